The molecule has 1 aliphatic heterocycles. The number of nitrogens with one attached hydrogen (secondary N) is 1. The summed E-state index contributed by atoms with van der Waals surface area (Å²) in [5.74, 6) is 3.18. The van der Waals surface area contributed by atoms with Gasteiger partial charge in [-0.2, -0.15) is 9.97 Å². The topological polar surface area (TPSA) is 82.6 Å². The van der Waals surface area contributed by atoms with Crippen LogP contribution in [0, 0.1) is 17.8 Å². The van der Waals surface area contributed by atoms with E-state index in [0.29, 0.717) is 30.1 Å². The highest BCUT2D eigenvalue weighted by atomic mass is 32.2. The van der Waals surface area contributed by atoms with E-state index in [-0.39, 0.29) is 24.2 Å². The molecule has 4 bridgehead atoms. The summed E-state index contributed by atoms with van der Waals surface area (Å²) in [6.07, 6.45) is 9.41. The number of carbonyl (C=O) groups is 1. The fourth-order valence-electron chi connectivity index (χ4n) is 5.80. The van der Waals surface area contributed by atoms with E-state index in [1.807, 2.05) is 6.26 Å². The number of ether oxygens (including phenoxy) is 3. The number of rotatable bonds is 7. The summed E-state index contributed by atoms with van der Waals surface area (Å²) in [5.41, 5.74) is 0.00376. The van der Waals surface area contributed by atoms with Gasteiger partial charge in [-0.1, -0.05) is 11.8 Å². The van der Waals surface area contributed by atoms with Gasteiger partial charge in [0.1, 0.15) is 6.10 Å². The van der Waals surface area contributed by atoms with Crippen LogP contribution in [0.2, 0.25) is 0 Å². The van der Waals surface area contributed by atoms with Crippen LogP contribution < -0.4 is 14.8 Å². The molecule has 152 valence electrons. The summed E-state index contributed by atoms with van der Waals surface area (Å²) in [6.45, 7) is 1.11. The third kappa shape index (κ3) is 3.81. The number of nitrogens with zero attached hydrogens (tertiary/aromatic N) is 2. The first-order valence-electron chi connectivity index (χ1n) is 10.2. The number of carbonyl (C=O) groups excluding carboxylic acids is 1. The van der Waals surface area contributed by atoms with Gasteiger partial charge < -0.3 is 19.5 Å². The highest BCUT2D eigenvalue weighted by Crippen LogP contribution is 2.55. The average molecular weight is 406 g/mol. The van der Waals surface area contributed by atoms with Crippen molar-refractivity contribution >= 4 is 17.7 Å². The summed E-state index contributed by atoms with van der Waals surface area (Å²) >= 11 is 1.41. The van der Waals surface area contributed by atoms with Crippen LogP contribution in [-0.2, 0) is 9.53 Å². The molecule has 6 rings (SSSR count). The molecule has 2 heterocycles. The Morgan fingerprint density at radius 1 is 1.18 bits per heavy atom. The molecule has 8 heteroatoms. The third-order valence-electron chi connectivity index (χ3n) is 6.53. The van der Waals surface area contributed by atoms with E-state index in [4.69, 9.17) is 14.2 Å². The van der Waals surface area contributed by atoms with Crippen LogP contribution in [0.25, 0.3) is 0 Å². The van der Waals surface area contributed by atoms with Crippen LogP contribution in [0.4, 0.5) is 0 Å². The van der Waals surface area contributed by atoms with Crippen molar-refractivity contribution in [2.45, 2.75) is 55.3 Å². The summed E-state index contributed by atoms with van der Waals surface area (Å²) < 4.78 is 16.6. The Kier molecular flexibility index (Phi) is 4.87. The molecule has 0 radical (unpaired) electrons. The molecule has 4 saturated carbocycles. The van der Waals surface area contributed by atoms with Gasteiger partial charge in [0, 0.05) is 5.54 Å². The second-order valence-corrected chi connectivity index (χ2v) is 9.62. The molecule has 28 heavy (non-hydrogen) atoms. The fourth-order valence-corrected chi connectivity index (χ4v) is 6.16. The summed E-state index contributed by atoms with van der Waals surface area (Å²) in [7, 11) is 0. The van der Waals surface area contributed by atoms with Crippen LogP contribution in [0.5, 0.6) is 11.8 Å². The molecule has 5 aliphatic rings. The Morgan fingerprint density at radius 2 is 1.82 bits per heavy atom. The molecule has 5 fully saturated rings. The van der Waals surface area contributed by atoms with Crippen molar-refractivity contribution in [1.29, 1.82) is 0 Å². The molecular formula is C20H27N3O4S. The van der Waals surface area contributed by atoms with Crippen molar-refractivity contribution in [3.63, 3.8) is 0 Å². The van der Waals surface area contributed by atoms with E-state index < -0.39 is 0 Å². The lowest BCUT2D eigenvalue weighted by Gasteiger charge is -2.56. The number of hydrogen-bond acceptors (Lipinski definition) is 7. The minimum atomic E-state index is -0.0545. The molecule has 1 aromatic rings. The van der Waals surface area contributed by atoms with Gasteiger partial charge in [-0.25, -0.2) is 0 Å². The van der Waals surface area contributed by atoms with Crippen LogP contribution in [-0.4, -0.2) is 53.6 Å². The zero-order chi connectivity index (χ0) is 19.1. The van der Waals surface area contributed by atoms with Crippen molar-refractivity contribution in [3.05, 3.63) is 6.07 Å². The predicted molar refractivity (Wildman–Crippen MR) is 104 cm³/mol. The lowest BCUT2D eigenvalue weighted by Crippen LogP contribution is -2.60. The van der Waals surface area contributed by atoms with Gasteiger partial charge in [-0.3, -0.25) is 4.79 Å². The Labute approximate surface area is 169 Å². The van der Waals surface area contributed by atoms with Gasteiger partial charge in [-0.05, 0) is 62.5 Å². The van der Waals surface area contributed by atoms with Gasteiger partial charge >= 0.3 is 0 Å². The predicted octanol–water partition coefficient (Wildman–Crippen LogP) is 2.44. The number of hydrogen-bond donors (Lipinski definition) is 1. The number of amides is 1. The third-order valence-corrected chi connectivity index (χ3v) is 7.08. The number of aromatic nitrogens is 2. The van der Waals surface area contributed by atoms with E-state index in [0.717, 1.165) is 37.0 Å². The number of thioether (sulfide) groups is 1. The van der Waals surface area contributed by atoms with E-state index in [9.17, 15) is 4.79 Å². The first-order chi connectivity index (χ1) is 13.6. The summed E-state index contributed by atoms with van der Waals surface area (Å²) in [5, 5.41) is 3.89. The molecule has 1 saturated heterocycles. The normalized spacial score (nSPS) is 33.4. The molecule has 1 aromatic heterocycles. The molecule has 7 nitrogen and oxygen atoms in total. The molecule has 0 aromatic carbocycles. The van der Waals surface area contributed by atoms with Crippen molar-refractivity contribution in [1.82, 2.24) is 15.3 Å². The summed E-state index contributed by atoms with van der Waals surface area (Å²) in [4.78, 5) is 21.3. The highest BCUT2D eigenvalue weighted by Gasteiger charge is 2.51. The zero-order valence-corrected chi connectivity index (χ0v) is 17.0. The minimum Gasteiger partial charge on any atom is -0.469 e. The Balaban J connectivity index is 1.20. The van der Waals surface area contributed by atoms with E-state index in [1.165, 1.54) is 31.0 Å². The highest BCUT2D eigenvalue weighted by molar-refractivity contribution is 7.98. The maximum absolute atomic E-state index is 12.6. The SMILES string of the molecule is CSc1nc(OCC(=O)NC23CC4CC(CC(C4)C2)C3)cc(OC2COC2)n1. The maximum Gasteiger partial charge on any atom is 0.258 e. The minimum absolute atomic E-state index is 0.00376. The maximum atomic E-state index is 12.6. The van der Waals surface area contributed by atoms with Gasteiger partial charge in [0.15, 0.2) is 11.8 Å². The van der Waals surface area contributed by atoms with Gasteiger partial charge in [0.25, 0.3) is 5.91 Å². The second kappa shape index (κ2) is 7.37. The Hall–Kier alpha value is -1.54. The van der Waals surface area contributed by atoms with E-state index >= 15 is 0 Å². The largest absolute Gasteiger partial charge is 0.469 e. The van der Waals surface area contributed by atoms with Crippen molar-refractivity contribution in [2.75, 3.05) is 26.1 Å². The van der Waals surface area contributed by atoms with E-state index in [1.54, 1.807) is 6.07 Å². The standard InChI is InChI=1S/C20H27N3O4S/c1-28-19-21-17(5-18(22-19)27-15-9-25-10-15)26-11-16(24)23-20-6-12-2-13(7-20)4-14(3-12)8-20/h5,12-15H,2-4,6-11H2,1H3,(H,23,24). The van der Waals surface area contributed by atoms with Crippen LogP contribution in [0.15, 0.2) is 11.2 Å². The Bertz CT molecular complexity index is 720. The first kappa shape index (κ1) is 18.5. The molecular weight excluding hydrogens is 378 g/mol. The van der Waals surface area contributed by atoms with Crippen LogP contribution in [0.1, 0.15) is 38.5 Å². The first-order valence-corrected chi connectivity index (χ1v) is 11.4. The van der Waals surface area contributed by atoms with Gasteiger partial charge in [0.2, 0.25) is 11.8 Å². The smallest absolute Gasteiger partial charge is 0.258 e. The molecule has 4 aliphatic carbocycles. The van der Waals surface area contributed by atoms with Crippen molar-refractivity contribution in [2.24, 2.45) is 17.8 Å². The summed E-state index contributed by atoms with van der Waals surface area (Å²) in [6, 6.07) is 1.65. The molecule has 1 amide bonds. The van der Waals surface area contributed by atoms with Gasteiger partial charge in [-0.15, -0.1) is 0 Å². The zero-order valence-electron chi connectivity index (χ0n) is 16.2. The lowest BCUT2D eigenvalue weighted by atomic mass is 9.53. The van der Waals surface area contributed by atoms with Crippen LogP contribution >= 0.6 is 11.8 Å². The van der Waals surface area contributed by atoms with Crippen molar-refractivity contribution < 1.29 is 19.0 Å². The average Bonchev–Trinajstić information content (AvgIpc) is 2.61. The van der Waals surface area contributed by atoms with Gasteiger partial charge in [0.05, 0.1) is 19.3 Å². The van der Waals surface area contributed by atoms with E-state index in [2.05, 4.69) is 15.3 Å². The Morgan fingerprint density at radius 3 is 2.39 bits per heavy atom. The monoisotopic (exact) mass is 405 g/mol. The molecule has 0 atom stereocenters. The quantitative estimate of drug-likeness (QED) is 0.551. The van der Waals surface area contributed by atoms with Crippen LogP contribution in [0.3, 0.4) is 0 Å². The molecule has 0 unspecified atom stereocenters. The van der Waals surface area contributed by atoms with Crippen molar-refractivity contribution in [3.8, 4) is 11.8 Å². The second-order valence-electron chi connectivity index (χ2n) is 8.84. The lowest BCUT2D eigenvalue weighted by molar-refractivity contribution is -0.129. The molecule has 0 spiro atoms. The molecule has 1 N–H and O–H groups in total. The fraction of sp³-hybridized carbons (Fsp3) is 0.750.